The van der Waals surface area contributed by atoms with Crippen LogP contribution in [-0.2, 0) is 11.3 Å². The maximum Gasteiger partial charge on any atom is 0.228 e. The van der Waals surface area contributed by atoms with Crippen LogP contribution in [0, 0.1) is 5.92 Å². The second kappa shape index (κ2) is 6.97. The Hall–Kier alpha value is -2.13. The van der Waals surface area contributed by atoms with Gasteiger partial charge in [-0.1, -0.05) is 54.6 Å². The molecule has 2 unspecified atom stereocenters. The van der Waals surface area contributed by atoms with Gasteiger partial charge in [-0.3, -0.25) is 4.79 Å². The average molecular weight is 309 g/mol. The van der Waals surface area contributed by atoms with E-state index in [4.69, 9.17) is 0 Å². The van der Waals surface area contributed by atoms with E-state index in [0.29, 0.717) is 6.54 Å². The summed E-state index contributed by atoms with van der Waals surface area (Å²) in [4.78, 5) is 14.1. The first-order valence-corrected chi connectivity index (χ1v) is 8.22. The molecule has 0 saturated heterocycles. The zero-order valence-corrected chi connectivity index (χ0v) is 13.5. The van der Waals surface area contributed by atoms with Gasteiger partial charge in [0.25, 0.3) is 0 Å². The summed E-state index contributed by atoms with van der Waals surface area (Å²) >= 11 is 0. The lowest BCUT2D eigenvalue weighted by Crippen LogP contribution is -2.36. The van der Waals surface area contributed by atoms with E-state index in [0.717, 1.165) is 24.8 Å². The zero-order valence-electron chi connectivity index (χ0n) is 13.5. The maximum atomic E-state index is 12.4. The lowest BCUT2D eigenvalue weighted by atomic mass is 10.0. The van der Waals surface area contributed by atoms with E-state index in [1.807, 2.05) is 25.2 Å². The topological polar surface area (TPSA) is 40.5 Å². The average Bonchev–Trinajstić information content (AvgIpc) is 3.01. The zero-order chi connectivity index (χ0) is 16.2. The van der Waals surface area contributed by atoms with Gasteiger partial charge in [-0.25, -0.2) is 0 Å². The van der Waals surface area contributed by atoms with E-state index in [1.54, 1.807) is 4.90 Å². The molecule has 3 nitrogen and oxygen atoms in total. The minimum absolute atomic E-state index is 0.0575. The molecule has 2 aromatic rings. The molecule has 3 heteroatoms. The molecule has 0 radical (unpaired) electrons. The van der Waals surface area contributed by atoms with Gasteiger partial charge in [-0.2, -0.15) is 0 Å². The van der Waals surface area contributed by atoms with Gasteiger partial charge in [-0.05, 0) is 36.0 Å². The van der Waals surface area contributed by atoms with Crippen molar-refractivity contribution in [3.63, 3.8) is 0 Å². The fourth-order valence-electron chi connectivity index (χ4n) is 3.30. The highest BCUT2D eigenvalue weighted by Crippen LogP contribution is 2.27. The summed E-state index contributed by atoms with van der Waals surface area (Å²) in [5.41, 5.74) is 3.47. The molecule has 0 aliphatic heterocycles. The first-order chi connectivity index (χ1) is 11.1. The number of benzene rings is 2. The fraction of sp³-hybridized carbons (Fsp3) is 0.350. The molecule has 0 aromatic heterocycles. The Bertz CT molecular complexity index is 651. The largest absolute Gasteiger partial charge is 0.392 e. The Balaban J connectivity index is 1.65. The number of carbonyl (C=O) groups excluding carboxylic acids is 1. The summed E-state index contributed by atoms with van der Waals surface area (Å²) in [5.74, 6) is -0.161. The van der Waals surface area contributed by atoms with Crippen molar-refractivity contribution in [3.8, 4) is 11.1 Å². The molecule has 23 heavy (non-hydrogen) atoms. The van der Waals surface area contributed by atoms with E-state index in [1.165, 1.54) is 11.1 Å². The molecule has 1 aliphatic rings. The summed E-state index contributed by atoms with van der Waals surface area (Å²) in [5, 5.41) is 9.89. The molecule has 2 atom stereocenters. The molecule has 1 N–H and O–H groups in total. The molecule has 1 aliphatic carbocycles. The molecule has 2 aromatic carbocycles. The van der Waals surface area contributed by atoms with Crippen LogP contribution in [0.15, 0.2) is 54.6 Å². The normalized spacial score (nSPS) is 20.4. The summed E-state index contributed by atoms with van der Waals surface area (Å²) in [6.07, 6.45) is 2.02. The van der Waals surface area contributed by atoms with E-state index in [9.17, 15) is 9.90 Å². The molecule has 1 saturated carbocycles. The van der Waals surface area contributed by atoms with Crippen molar-refractivity contribution in [2.75, 3.05) is 7.05 Å². The number of rotatable bonds is 4. The minimum atomic E-state index is -0.467. The monoisotopic (exact) mass is 309 g/mol. The first-order valence-electron chi connectivity index (χ1n) is 8.22. The van der Waals surface area contributed by atoms with Gasteiger partial charge in [-0.15, -0.1) is 0 Å². The van der Waals surface area contributed by atoms with Gasteiger partial charge in [0.05, 0.1) is 12.0 Å². The number of hydrogen-bond donors (Lipinski definition) is 1. The Kier molecular flexibility index (Phi) is 4.77. The molecule has 0 spiro atoms. The van der Waals surface area contributed by atoms with Gasteiger partial charge in [0, 0.05) is 13.6 Å². The van der Waals surface area contributed by atoms with Crippen LogP contribution < -0.4 is 0 Å². The number of carbonyl (C=O) groups is 1. The SMILES string of the molecule is CN(Cc1ccc(-c2ccccc2)cc1)C(=O)C1CCCC1O. The molecular formula is C20H23NO2. The summed E-state index contributed by atoms with van der Waals surface area (Å²) in [7, 11) is 1.82. The van der Waals surface area contributed by atoms with Crippen LogP contribution >= 0.6 is 0 Å². The fourth-order valence-corrected chi connectivity index (χ4v) is 3.30. The number of hydrogen-bond acceptors (Lipinski definition) is 2. The second-order valence-corrected chi connectivity index (χ2v) is 6.36. The van der Waals surface area contributed by atoms with Crippen molar-refractivity contribution < 1.29 is 9.90 Å². The predicted octanol–water partition coefficient (Wildman–Crippen LogP) is 3.47. The lowest BCUT2D eigenvalue weighted by molar-refractivity contribution is -0.137. The van der Waals surface area contributed by atoms with E-state index >= 15 is 0 Å². The molecule has 0 bridgehead atoms. The Labute approximate surface area is 137 Å². The third kappa shape index (κ3) is 3.62. The summed E-state index contributed by atoms with van der Waals surface area (Å²) in [6.45, 7) is 0.580. The molecule has 120 valence electrons. The molecule has 0 heterocycles. The number of aliphatic hydroxyl groups is 1. The minimum Gasteiger partial charge on any atom is -0.392 e. The van der Waals surface area contributed by atoms with Crippen molar-refractivity contribution in [2.45, 2.75) is 31.9 Å². The van der Waals surface area contributed by atoms with Crippen LogP contribution in [0.5, 0.6) is 0 Å². The molecule has 1 fully saturated rings. The maximum absolute atomic E-state index is 12.4. The standard InChI is InChI=1S/C20H23NO2/c1-21(20(23)18-8-5-9-19(18)22)14-15-10-12-17(13-11-15)16-6-3-2-4-7-16/h2-4,6-7,10-13,18-19,22H,5,8-9,14H2,1H3. The highest BCUT2D eigenvalue weighted by molar-refractivity contribution is 5.79. The van der Waals surface area contributed by atoms with Crippen molar-refractivity contribution in [3.05, 3.63) is 60.2 Å². The van der Waals surface area contributed by atoms with Crippen LogP contribution in [0.2, 0.25) is 0 Å². The number of aliphatic hydroxyl groups excluding tert-OH is 1. The van der Waals surface area contributed by atoms with Crippen LogP contribution in [0.3, 0.4) is 0 Å². The van der Waals surface area contributed by atoms with Crippen LogP contribution in [0.4, 0.5) is 0 Å². The number of nitrogens with zero attached hydrogens (tertiary/aromatic N) is 1. The highest BCUT2D eigenvalue weighted by Gasteiger charge is 2.33. The van der Waals surface area contributed by atoms with Gasteiger partial charge >= 0.3 is 0 Å². The van der Waals surface area contributed by atoms with Crippen LogP contribution in [0.25, 0.3) is 11.1 Å². The summed E-state index contributed by atoms with van der Waals surface area (Å²) < 4.78 is 0. The summed E-state index contributed by atoms with van der Waals surface area (Å²) in [6, 6.07) is 18.6. The third-order valence-corrected chi connectivity index (χ3v) is 4.65. The van der Waals surface area contributed by atoms with E-state index < -0.39 is 6.10 Å². The third-order valence-electron chi connectivity index (χ3n) is 4.65. The predicted molar refractivity (Wildman–Crippen MR) is 91.7 cm³/mol. The number of amides is 1. The Morgan fingerprint density at radius 3 is 2.30 bits per heavy atom. The smallest absolute Gasteiger partial charge is 0.228 e. The van der Waals surface area contributed by atoms with E-state index in [2.05, 4.69) is 36.4 Å². The first kappa shape index (κ1) is 15.8. The highest BCUT2D eigenvalue weighted by atomic mass is 16.3. The van der Waals surface area contributed by atoms with Crippen molar-refractivity contribution >= 4 is 5.91 Å². The lowest BCUT2D eigenvalue weighted by Gasteiger charge is -2.23. The van der Waals surface area contributed by atoms with Crippen molar-refractivity contribution in [2.24, 2.45) is 5.92 Å². The van der Waals surface area contributed by atoms with Gasteiger partial charge in [0.1, 0.15) is 0 Å². The van der Waals surface area contributed by atoms with Crippen LogP contribution in [-0.4, -0.2) is 29.1 Å². The molecule has 3 rings (SSSR count). The van der Waals surface area contributed by atoms with E-state index in [-0.39, 0.29) is 11.8 Å². The Morgan fingerprint density at radius 2 is 1.70 bits per heavy atom. The van der Waals surface area contributed by atoms with Gasteiger partial charge in [0.15, 0.2) is 0 Å². The van der Waals surface area contributed by atoms with Gasteiger partial charge < -0.3 is 10.0 Å². The second-order valence-electron chi connectivity index (χ2n) is 6.36. The van der Waals surface area contributed by atoms with Gasteiger partial charge in [0.2, 0.25) is 5.91 Å². The van der Waals surface area contributed by atoms with Crippen LogP contribution in [0.1, 0.15) is 24.8 Å². The quantitative estimate of drug-likeness (QED) is 0.939. The Morgan fingerprint density at radius 1 is 1.04 bits per heavy atom. The van der Waals surface area contributed by atoms with Crippen molar-refractivity contribution in [1.29, 1.82) is 0 Å². The molecule has 1 amide bonds. The molecular weight excluding hydrogens is 286 g/mol. The van der Waals surface area contributed by atoms with Crippen molar-refractivity contribution in [1.82, 2.24) is 4.90 Å².